The Balaban J connectivity index is 1.37. The molecule has 0 atom stereocenters. The molecule has 9 nitrogen and oxygen atoms in total. The lowest BCUT2D eigenvalue weighted by Crippen LogP contribution is -2.47. The van der Waals surface area contributed by atoms with Gasteiger partial charge in [-0.15, -0.1) is 0 Å². The molecule has 2 N–H and O–H groups in total. The summed E-state index contributed by atoms with van der Waals surface area (Å²) in [7, 11) is 0. The molecule has 208 valence electrons. The van der Waals surface area contributed by atoms with Gasteiger partial charge in [0.05, 0.1) is 17.7 Å². The molecule has 0 spiro atoms. The lowest BCUT2D eigenvalue weighted by atomic mass is 10.0. The van der Waals surface area contributed by atoms with Gasteiger partial charge >= 0.3 is 6.09 Å². The molecule has 1 saturated heterocycles. The minimum Gasteiger partial charge on any atom is -0.493 e. The molecular weight excluding hydrogens is 494 g/mol. The number of carbonyl (C=O) groups excluding carboxylic acids is 2. The standard InChI is InChI=1S/C30H39N5O4/c1-17-7-10-23(38-16-20-8-9-20)22(15-17)25-27-26(33-19(3)32-25)24(18(2)31-27)28(36)34-21-11-13-35(14-12-21)29(37)39-30(4,5)6/h7,10,15,20-21,31H,8-9,11-14,16H2,1-6H3,(H,34,36). The number of fused-ring (bicyclic) bond motifs is 1. The van der Waals surface area contributed by atoms with Crippen LogP contribution in [0.5, 0.6) is 5.75 Å². The molecule has 9 heteroatoms. The maximum absolute atomic E-state index is 13.6. The van der Waals surface area contributed by atoms with Gasteiger partial charge in [0.2, 0.25) is 0 Å². The van der Waals surface area contributed by atoms with E-state index in [1.54, 1.807) is 4.90 Å². The van der Waals surface area contributed by atoms with Crippen molar-refractivity contribution >= 4 is 23.0 Å². The molecule has 2 aliphatic rings. The fourth-order valence-corrected chi connectivity index (χ4v) is 5.01. The van der Waals surface area contributed by atoms with Gasteiger partial charge in [-0.1, -0.05) is 11.6 Å². The molecule has 39 heavy (non-hydrogen) atoms. The van der Waals surface area contributed by atoms with E-state index < -0.39 is 5.60 Å². The normalized spacial score (nSPS) is 16.4. The molecule has 5 rings (SSSR count). The summed E-state index contributed by atoms with van der Waals surface area (Å²) in [5.41, 5.74) is 4.80. The molecule has 2 amide bonds. The highest BCUT2D eigenvalue weighted by molar-refractivity contribution is 6.09. The molecule has 1 saturated carbocycles. The Labute approximate surface area is 229 Å². The topological polar surface area (TPSA) is 109 Å². The van der Waals surface area contributed by atoms with E-state index in [4.69, 9.17) is 14.5 Å². The first-order chi connectivity index (χ1) is 18.5. The van der Waals surface area contributed by atoms with Crippen LogP contribution in [0.25, 0.3) is 22.3 Å². The van der Waals surface area contributed by atoms with Crippen molar-refractivity contribution in [3.05, 3.63) is 40.8 Å². The molecular formula is C30H39N5O4. The van der Waals surface area contributed by atoms with Crippen LogP contribution in [0, 0.1) is 26.7 Å². The number of piperidine rings is 1. The van der Waals surface area contributed by atoms with Gasteiger partial charge in [-0.25, -0.2) is 14.8 Å². The van der Waals surface area contributed by atoms with E-state index in [-0.39, 0.29) is 18.0 Å². The van der Waals surface area contributed by atoms with E-state index in [1.807, 2.05) is 53.7 Å². The highest BCUT2D eigenvalue weighted by atomic mass is 16.6. The summed E-state index contributed by atoms with van der Waals surface area (Å²) in [4.78, 5) is 40.6. The predicted octanol–water partition coefficient (Wildman–Crippen LogP) is 5.47. The Hall–Kier alpha value is -3.62. The third kappa shape index (κ3) is 6.18. The molecule has 3 aromatic rings. The number of ether oxygens (including phenoxy) is 2. The second-order valence-electron chi connectivity index (χ2n) is 11.9. The van der Waals surface area contributed by atoms with Crippen LogP contribution in [-0.2, 0) is 4.74 Å². The fraction of sp³-hybridized carbons (Fsp3) is 0.533. The van der Waals surface area contributed by atoms with E-state index in [0.29, 0.717) is 55.4 Å². The Morgan fingerprint density at radius 1 is 1.08 bits per heavy atom. The van der Waals surface area contributed by atoms with Crippen LogP contribution in [0.4, 0.5) is 4.79 Å². The monoisotopic (exact) mass is 533 g/mol. The Kier molecular flexibility index (Phi) is 7.27. The molecule has 1 aromatic carbocycles. The number of aryl methyl sites for hydroxylation is 3. The van der Waals surface area contributed by atoms with Gasteiger partial charge < -0.3 is 24.7 Å². The van der Waals surface area contributed by atoms with E-state index in [1.165, 1.54) is 12.8 Å². The maximum Gasteiger partial charge on any atom is 0.410 e. The van der Waals surface area contributed by atoms with E-state index in [2.05, 4.69) is 21.4 Å². The quantitative estimate of drug-likeness (QED) is 0.435. The van der Waals surface area contributed by atoms with Crippen LogP contribution in [0.2, 0.25) is 0 Å². The van der Waals surface area contributed by atoms with Gasteiger partial charge in [0.1, 0.15) is 28.4 Å². The smallest absolute Gasteiger partial charge is 0.410 e. The third-order valence-corrected chi connectivity index (χ3v) is 7.22. The largest absolute Gasteiger partial charge is 0.493 e. The van der Waals surface area contributed by atoms with Gasteiger partial charge in [-0.2, -0.15) is 0 Å². The van der Waals surface area contributed by atoms with Crippen molar-refractivity contribution in [1.29, 1.82) is 0 Å². The minimum absolute atomic E-state index is 0.0397. The number of carbonyl (C=O) groups is 2. The van der Waals surface area contributed by atoms with Crippen LogP contribution in [-0.4, -0.2) is 63.2 Å². The fourth-order valence-electron chi connectivity index (χ4n) is 5.01. The van der Waals surface area contributed by atoms with Crippen molar-refractivity contribution < 1.29 is 19.1 Å². The second kappa shape index (κ2) is 10.5. The van der Waals surface area contributed by atoms with Crippen LogP contribution in [0.3, 0.4) is 0 Å². The molecule has 1 aliphatic carbocycles. The summed E-state index contributed by atoms with van der Waals surface area (Å²) in [5, 5.41) is 3.18. The van der Waals surface area contributed by atoms with E-state index in [0.717, 1.165) is 33.8 Å². The highest BCUT2D eigenvalue weighted by Gasteiger charge is 2.30. The molecule has 0 unspecified atom stereocenters. The number of amides is 2. The third-order valence-electron chi connectivity index (χ3n) is 7.22. The minimum atomic E-state index is -0.531. The van der Waals surface area contributed by atoms with Crippen molar-refractivity contribution in [3.63, 3.8) is 0 Å². The summed E-state index contributed by atoms with van der Waals surface area (Å²) in [6, 6.07) is 6.09. The second-order valence-corrected chi connectivity index (χ2v) is 11.9. The number of likely N-dealkylation sites (tertiary alicyclic amines) is 1. The number of nitrogens with zero attached hydrogens (tertiary/aromatic N) is 3. The Bertz CT molecular complexity index is 1390. The Morgan fingerprint density at radius 2 is 1.79 bits per heavy atom. The number of hydrogen-bond acceptors (Lipinski definition) is 6. The average Bonchev–Trinajstić information content (AvgIpc) is 3.63. The van der Waals surface area contributed by atoms with Crippen molar-refractivity contribution in [2.45, 2.75) is 78.9 Å². The van der Waals surface area contributed by atoms with Gasteiger partial charge in [0, 0.05) is 30.4 Å². The SMILES string of the molecule is Cc1ccc(OCC2CC2)c(-c2nc(C)nc3c(C(=O)NC4CCN(C(=O)OC(C)(C)C)CC4)c(C)[nH]c23)c1. The summed E-state index contributed by atoms with van der Waals surface area (Å²) < 4.78 is 11.7. The van der Waals surface area contributed by atoms with Gasteiger partial charge in [0.25, 0.3) is 5.91 Å². The number of rotatable bonds is 6. The lowest BCUT2D eigenvalue weighted by Gasteiger charge is -2.33. The number of benzene rings is 1. The summed E-state index contributed by atoms with van der Waals surface area (Å²) in [6.07, 6.45) is 3.45. The van der Waals surface area contributed by atoms with Crippen LogP contribution < -0.4 is 10.1 Å². The average molecular weight is 534 g/mol. The number of hydrogen-bond donors (Lipinski definition) is 2. The lowest BCUT2D eigenvalue weighted by molar-refractivity contribution is 0.0199. The first-order valence-electron chi connectivity index (χ1n) is 13.9. The predicted molar refractivity (Wildman–Crippen MR) is 150 cm³/mol. The zero-order valence-corrected chi connectivity index (χ0v) is 23.8. The van der Waals surface area contributed by atoms with Crippen LogP contribution in [0.1, 0.15) is 73.9 Å². The van der Waals surface area contributed by atoms with Crippen molar-refractivity contribution in [2.75, 3.05) is 19.7 Å². The van der Waals surface area contributed by atoms with E-state index in [9.17, 15) is 9.59 Å². The Morgan fingerprint density at radius 3 is 2.46 bits per heavy atom. The molecule has 3 heterocycles. The summed E-state index contributed by atoms with van der Waals surface area (Å²) >= 11 is 0. The van der Waals surface area contributed by atoms with Crippen LogP contribution >= 0.6 is 0 Å². The first-order valence-corrected chi connectivity index (χ1v) is 13.9. The summed E-state index contributed by atoms with van der Waals surface area (Å²) in [5.74, 6) is 1.84. The zero-order chi connectivity index (χ0) is 27.9. The number of aromatic nitrogens is 3. The first kappa shape index (κ1) is 27.0. The van der Waals surface area contributed by atoms with Gasteiger partial charge in [-0.05, 0) is 85.3 Å². The number of H-pyrrole nitrogens is 1. The number of nitrogens with one attached hydrogen (secondary N) is 2. The van der Waals surface area contributed by atoms with E-state index >= 15 is 0 Å². The van der Waals surface area contributed by atoms with Crippen molar-refractivity contribution in [3.8, 4) is 17.0 Å². The number of aromatic amines is 1. The zero-order valence-electron chi connectivity index (χ0n) is 23.8. The van der Waals surface area contributed by atoms with Gasteiger partial charge in [-0.3, -0.25) is 4.79 Å². The molecule has 2 aromatic heterocycles. The molecule has 0 bridgehead atoms. The molecule has 2 fully saturated rings. The van der Waals surface area contributed by atoms with Crippen molar-refractivity contribution in [1.82, 2.24) is 25.2 Å². The highest BCUT2D eigenvalue weighted by Crippen LogP contribution is 2.37. The summed E-state index contributed by atoms with van der Waals surface area (Å²) in [6.45, 7) is 13.1. The van der Waals surface area contributed by atoms with Gasteiger partial charge in [0.15, 0.2) is 0 Å². The maximum atomic E-state index is 13.6. The van der Waals surface area contributed by atoms with Crippen molar-refractivity contribution in [2.24, 2.45) is 5.92 Å². The van der Waals surface area contributed by atoms with Crippen LogP contribution in [0.15, 0.2) is 18.2 Å². The molecule has 0 radical (unpaired) electrons. The molecule has 1 aliphatic heterocycles.